The molecule has 1 aliphatic heterocycles. The van der Waals surface area contributed by atoms with Gasteiger partial charge in [0.1, 0.15) is 0 Å². The Morgan fingerprint density at radius 3 is 2.30 bits per heavy atom. The molecule has 1 saturated heterocycles. The van der Waals surface area contributed by atoms with Gasteiger partial charge in [-0.3, -0.25) is 14.5 Å². The first-order chi connectivity index (χ1) is 13.1. The molecule has 1 heterocycles. The molecule has 1 N–H and O–H groups in total. The number of hydrogen-bond acceptors (Lipinski definition) is 3. The largest absolute Gasteiger partial charge is 0.352 e. The van der Waals surface area contributed by atoms with E-state index in [4.69, 9.17) is 11.6 Å². The number of carbonyl (C=O) groups excluding carboxylic acids is 2. The van der Waals surface area contributed by atoms with Gasteiger partial charge < -0.3 is 10.2 Å². The van der Waals surface area contributed by atoms with Crippen LogP contribution in [-0.2, 0) is 4.79 Å². The number of piperazine rings is 1. The Labute approximate surface area is 166 Å². The molecule has 1 aromatic carbocycles. The fraction of sp³-hybridized carbons (Fsp3) is 0.619. The first kappa shape index (κ1) is 18.8. The highest BCUT2D eigenvalue weighted by Crippen LogP contribution is 2.32. The maximum Gasteiger partial charge on any atom is 0.255 e. The number of halogens is 1. The van der Waals surface area contributed by atoms with Crippen LogP contribution in [0.5, 0.6) is 0 Å². The summed E-state index contributed by atoms with van der Waals surface area (Å²) in [6, 6.07) is 7.57. The van der Waals surface area contributed by atoms with Gasteiger partial charge in [-0.2, -0.15) is 0 Å². The van der Waals surface area contributed by atoms with E-state index >= 15 is 0 Å². The second kappa shape index (κ2) is 8.19. The molecule has 1 atom stereocenters. The topological polar surface area (TPSA) is 52.7 Å². The van der Waals surface area contributed by atoms with E-state index in [1.807, 2.05) is 17.0 Å². The lowest BCUT2D eigenvalue weighted by Gasteiger charge is -2.40. The van der Waals surface area contributed by atoms with Crippen molar-refractivity contribution < 1.29 is 9.59 Å². The number of carbonyl (C=O) groups is 2. The van der Waals surface area contributed by atoms with Crippen LogP contribution in [0.15, 0.2) is 24.3 Å². The molecule has 2 amide bonds. The Kier molecular flexibility index (Phi) is 5.69. The molecule has 146 valence electrons. The van der Waals surface area contributed by atoms with Crippen molar-refractivity contribution in [3.05, 3.63) is 34.9 Å². The molecule has 4 rings (SSSR count). The van der Waals surface area contributed by atoms with Gasteiger partial charge in [0.2, 0.25) is 5.91 Å². The lowest BCUT2D eigenvalue weighted by molar-refractivity contribution is -0.129. The van der Waals surface area contributed by atoms with E-state index in [9.17, 15) is 9.59 Å². The molecule has 3 fully saturated rings. The number of rotatable bonds is 5. The van der Waals surface area contributed by atoms with Gasteiger partial charge in [-0.1, -0.05) is 36.6 Å². The molecular formula is C21H28ClN3O2. The minimum Gasteiger partial charge on any atom is -0.352 e. The summed E-state index contributed by atoms with van der Waals surface area (Å²) in [4.78, 5) is 29.9. The van der Waals surface area contributed by atoms with E-state index in [-0.39, 0.29) is 17.9 Å². The maximum atomic E-state index is 12.9. The summed E-state index contributed by atoms with van der Waals surface area (Å²) in [5.74, 6) is 0.643. The van der Waals surface area contributed by atoms with E-state index in [1.165, 1.54) is 12.8 Å². The van der Waals surface area contributed by atoms with Gasteiger partial charge in [-0.15, -0.1) is 0 Å². The SMILES string of the molecule is O=C(NC1CC1)[C@H](C1CCCC1)N1CCN(C(=O)c2ccccc2Cl)CC1. The van der Waals surface area contributed by atoms with E-state index in [0.29, 0.717) is 35.6 Å². The van der Waals surface area contributed by atoms with Gasteiger partial charge in [0.05, 0.1) is 16.6 Å². The second-order valence-electron chi connectivity index (χ2n) is 8.08. The number of hydrogen-bond donors (Lipinski definition) is 1. The monoisotopic (exact) mass is 389 g/mol. The summed E-state index contributed by atoms with van der Waals surface area (Å²) in [7, 11) is 0. The summed E-state index contributed by atoms with van der Waals surface area (Å²) < 4.78 is 0. The molecule has 0 unspecified atom stereocenters. The van der Waals surface area contributed by atoms with Crippen molar-refractivity contribution in [1.82, 2.24) is 15.1 Å². The molecule has 3 aliphatic rings. The van der Waals surface area contributed by atoms with E-state index in [2.05, 4.69) is 10.2 Å². The molecule has 0 radical (unpaired) electrons. The number of benzene rings is 1. The van der Waals surface area contributed by atoms with Crippen LogP contribution >= 0.6 is 11.6 Å². The highest BCUT2D eigenvalue weighted by molar-refractivity contribution is 6.33. The van der Waals surface area contributed by atoms with Gasteiger partial charge >= 0.3 is 0 Å². The fourth-order valence-electron chi connectivity index (χ4n) is 4.47. The van der Waals surface area contributed by atoms with Crippen molar-refractivity contribution in [2.24, 2.45) is 5.92 Å². The Hall–Kier alpha value is -1.59. The smallest absolute Gasteiger partial charge is 0.255 e. The molecule has 0 aromatic heterocycles. The molecule has 2 saturated carbocycles. The third-order valence-corrected chi connectivity index (χ3v) is 6.47. The van der Waals surface area contributed by atoms with Crippen LogP contribution in [0.4, 0.5) is 0 Å². The van der Waals surface area contributed by atoms with Crippen LogP contribution in [0.1, 0.15) is 48.9 Å². The third-order valence-electron chi connectivity index (χ3n) is 6.14. The van der Waals surface area contributed by atoms with Crippen LogP contribution < -0.4 is 5.32 Å². The first-order valence-corrected chi connectivity index (χ1v) is 10.6. The maximum absolute atomic E-state index is 12.9. The number of nitrogens with zero attached hydrogens (tertiary/aromatic N) is 2. The summed E-state index contributed by atoms with van der Waals surface area (Å²) in [6.45, 7) is 2.78. The molecular weight excluding hydrogens is 362 g/mol. The normalized spacial score (nSPS) is 22.6. The third kappa shape index (κ3) is 4.30. The van der Waals surface area contributed by atoms with E-state index in [1.54, 1.807) is 12.1 Å². The molecule has 5 nitrogen and oxygen atoms in total. The standard InChI is InChI=1S/C21H28ClN3O2/c22-18-8-4-3-7-17(18)21(27)25-13-11-24(12-14-25)19(15-5-1-2-6-15)20(26)23-16-9-10-16/h3-4,7-8,15-16,19H,1-2,5-6,9-14H2,(H,23,26)/t19-/m0/s1. The van der Waals surface area contributed by atoms with Crippen LogP contribution in [0, 0.1) is 5.92 Å². The summed E-state index contributed by atoms with van der Waals surface area (Å²) in [6.07, 6.45) is 6.96. The second-order valence-corrected chi connectivity index (χ2v) is 8.49. The number of amides is 2. The predicted octanol–water partition coefficient (Wildman–Crippen LogP) is 2.94. The molecule has 0 bridgehead atoms. The fourth-order valence-corrected chi connectivity index (χ4v) is 4.69. The van der Waals surface area contributed by atoms with Gasteiger partial charge in [0, 0.05) is 32.2 Å². The van der Waals surface area contributed by atoms with Gasteiger partial charge in [-0.25, -0.2) is 0 Å². The molecule has 27 heavy (non-hydrogen) atoms. The van der Waals surface area contributed by atoms with Crippen LogP contribution in [0.3, 0.4) is 0 Å². The zero-order valence-electron chi connectivity index (χ0n) is 15.7. The van der Waals surface area contributed by atoms with Crippen molar-refractivity contribution in [3.63, 3.8) is 0 Å². The molecule has 6 heteroatoms. The first-order valence-electron chi connectivity index (χ1n) is 10.2. The van der Waals surface area contributed by atoms with Gasteiger partial charge in [0.25, 0.3) is 5.91 Å². The van der Waals surface area contributed by atoms with Crippen molar-refractivity contribution in [3.8, 4) is 0 Å². The van der Waals surface area contributed by atoms with E-state index in [0.717, 1.165) is 38.8 Å². The summed E-state index contributed by atoms with van der Waals surface area (Å²) in [5, 5.41) is 3.71. The zero-order valence-corrected chi connectivity index (χ0v) is 16.5. The quantitative estimate of drug-likeness (QED) is 0.842. The minimum atomic E-state index is -0.0364. The van der Waals surface area contributed by atoms with Crippen molar-refractivity contribution in [2.75, 3.05) is 26.2 Å². The Bertz CT molecular complexity index is 692. The summed E-state index contributed by atoms with van der Waals surface area (Å²) in [5.41, 5.74) is 0.562. The highest BCUT2D eigenvalue weighted by atomic mass is 35.5. The summed E-state index contributed by atoms with van der Waals surface area (Å²) >= 11 is 6.19. The van der Waals surface area contributed by atoms with Crippen LogP contribution in [0.2, 0.25) is 5.02 Å². The highest BCUT2D eigenvalue weighted by Gasteiger charge is 2.39. The van der Waals surface area contributed by atoms with Crippen molar-refractivity contribution in [1.29, 1.82) is 0 Å². The van der Waals surface area contributed by atoms with Gasteiger partial charge in [-0.05, 0) is 43.7 Å². The predicted molar refractivity (Wildman–Crippen MR) is 106 cm³/mol. The van der Waals surface area contributed by atoms with E-state index < -0.39 is 0 Å². The average molecular weight is 390 g/mol. The average Bonchev–Trinajstić information content (AvgIpc) is 3.33. The molecule has 1 aromatic rings. The Morgan fingerprint density at radius 1 is 1.00 bits per heavy atom. The lowest BCUT2D eigenvalue weighted by Crippen LogP contribution is -2.58. The molecule has 2 aliphatic carbocycles. The van der Waals surface area contributed by atoms with Gasteiger partial charge in [0.15, 0.2) is 0 Å². The number of nitrogens with one attached hydrogen (secondary N) is 1. The van der Waals surface area contributed by atoms with Crippen molar-refractivity contribution >= 4 is 23.4 Å². The zero-order chi connectivity index (χ0) is 18.8. The lowest BCUT2D eigenvalue weighted by atomic mass is 9.95. The van der Waals surface area contributed by atoms with Crippen LogP contribution in [-0.4, -0.2) is 59.9 Å². The minimum absolute atomic E-state index is 0.0138. The Morgan fingerprint density at radius 2 is 1.67 bits per heavy atom. The Balaban J connectivity index is 1.40. The van der Waals surface area contributed by atoms with Crippen molar-refractivity contribution in [2.45, 2.75) is 50.6 Å². The molecule has 0 spiro atoms. The van der Waals surface area contributed by atoms with Crippen LogP contribution in [0.25, 0.3) is 0 Å².